The maximum Gasteiger partial charge on any atom is 0.295 e. The van der Waals surface area contributed by atoms with Crippen molar-refractivity contribution in [1.29, 1.82) is 0 Å². The van der Waals surface area contributed by atoms with Crippen LogP contribution < -0.4 is 0 Å². The van der Waals surface area contributed by atoms with Crippen LogP contribution in [0.1, 0.15) is 51.9 Å². The number of ether oxygens (including phenoxy) is 1. The largest absolute Gasteiger partial charge is 0.435 e. The number of hydrogen-bond donors (Lipinski definition) is 1. The Bertz CT molecular complexity index is 181. The Labute approximate surface area is 85.5 Å². The Morgan fingerprint density at radius 1 is 1.57 bits per heavy atom. The predicted molar refractivity (Wildman–Crippen MR) is 53.6 cm³/mol. The maximum atomic E-state index is 10.3. The molecule has 1 N–H and O–H groups in total. The topological polar surface area (TPSA) is 46.5 Å². The fraction of sp³-hybridized carbons (Fsp3) is 0.909. The molecule has 1 aliphatic rings. The van der Waals surface area contributed by atoms with Crippen LogP contribution in [0.5, 0.6) is 0 Å². The summed E-state index contributed by atoms with van der Waals surface area (Å²) in [6.45, 7) is 2.51. The van der Waals surface area contributed by atoms with Gasteiger partial charge in [0.25, 0.3) is 6.47 Å². The van der Waals surface area contributed by atoms with E-state index < -0.39 is 5.79 Å². The minimum Gasteiger partial charge on any atom is -0.435 e. The van der Waals surface area contributed by atoms with Gasteiger partial charge in [0.05, 0.1) is 0 Å². The van der Waals surface area contributed by atoms with Crippen molar-refractivity contribution >= 4 is 6.47 Å². The Balaban J connectivity index is 2.52. The highest BCUT2D eigenvalue weighted by molar-refractivity contribution is 5.38. The summed E-state index contributed by atoms with van der Waals surface area (Å²) in [6, 6.07) is 0. The second kappa shape index (κ2) is 5.35. The van der Waals surface area contributed by atoms with Gasteiger partial charge in [-0.3, -0.25) is 4.79 Å². The summed E-state index contributed by atoms with van der Waals surface area (Å²) in [5, 5.41) is 10.1. The number of unbranched alkanes of at least 4 members (excludes halogenated alkanes) is 1. The molecule has 0 saturated heterocycles. The van der Waals surface area contributed by atoms with Gasteiger partial charge in [0, 0.05) is 12.3 Å². The molecule has 0 heterocycles. The Kier molecular flexibility index (Phi) is 4.39. The van der Waals surface area contributed by atoms with E-state index in [1.165, 1.54) is 0 Å². The van der Waals surface area contributed by atoms with Crippen LogP contribution in [-0.4, -0.2) is 17.4 Å². The predicted octanol–water partition coefficient (Wildman–Crippen LogP) is 2.23. The van der Waals surface area contributed by atoms with Crippen molar-refractivity contribution in [2.75, 3.05) is 0 Å². The Morgan fingerprint density at radius 2 is 2.36 bits per heavy atom. The molecule has 1 saturated carbocycles. The van der Waals surface area contributed by atoms with Crippen LogP contribution >= 0.6 is 0 Å². The lowest BCUT2D eigenvalue weighted by Gasteiger charge is -2.37. The number of carbonyl (C=O) groups is 1. The number of hydrogen-bond acceptors (Lipinski definition) is 3. The molecule has 1 aliphatic carbocycles. The van der Waals surface area contributed by atoms with Crippen molar-refractivity contribution in [2.24, 2.45) is 5.92 Å². The lowest BCUT2D eigenvalue weighted by Crippen LogP contribution is -2.43. The van der Waals surface area contributed by atoms with E-state index in [2.05, 4.69) is 6.92 Å². The molecule has 0 amide bonds. The first-order valence-corrected chi connectivity index (χ1v) is 5.56. The van der Waals surface area contributed by atoms with E-state index in [-0.39, 0.29) is 5.92 Å². The van der Waals surface area contributed by atoms with Crippen molar-refractivity contribution in [3.8, 4) is 0 Å². The third-order valence-corrected chi connectivity index (χ3v) is 3.13. The van der Waals surface area contributed by atoms with E-state index in [0.717, 1.165) is 38.5 Å². The summed E-state index contributed by atoms with van der Waals surface area (Å²) in [4.78, 5) is 10.3. The molecule has 1 rings (SSSR count). The van der Waals surface area contributed by atoms with Gasteiger partial charge in [-0.15, -0.1) is 0 Å². The molecule has 3 nitrogen and oxygen atoms in total. The summed E-state index contributed by atoms with van der Waals surface area (Å²) in [5.41, 5.74) is 0. The first kappa shape index (κ1) is 11.5. The standard InChI is InChI=1S/C11H20O3/c1-2-3-6-10-7-4-5-8-11(10,13)14-9-12/h9-10,13H,2-8H2,1H3. The number of carbonyl (C=O) groups excluding carboxylic acids is 1. The molecule has 0 spiro atoms. The summed E-state index contributed by atoms with van der Waals surface area (Å²) in [7, 11) is 0. The van der Waals surface area contributed by atoms with Crippen LogP contribution in [-0.2, 0) is 9.53 Å². The Morgan fingerprint density at radius 3 is 3.00 bits per heavy atom. The quantitative estimate of drug-likeness (QED) is 0.547. The summed E-state index contributed by atoms with van der Waals surface area (Å²) >= 11 is 0. The summed E-state index contributed by atoms with van der Waals surface area (Å²) in [5.74, 6) is -1.03. The lowest BCUT2D eigenvalue weighted by molar-refractivity contribution is -0.233. The first-order chi connectivity index (χ1) is 6.73. The van der Waals surface area contributed by atoms with Gasteiger partial charge in [-0.1, -0.05) is 26.2 Å². The second-order valence-corrected chi connectivity index (χ2v) is 4.14. The van der Waals surface area contributed by atoms with Crippen LogP contribution in [0.25, 0.3) is 0 Å². The summed E-state index contributed by atoms with van der Waals surface area (Å²) in [6.07, 6.45) is 6.83. The van der Waals surface area contributed by atoms with Crippen LogP contribution in [0.3, 0.4) is 0 Å². The molecule has 2 unspecified atom stereocenters. The molecule has 2 atom stereocenters. The van der Waals surface area contributed by atoms with E-state index in [4.69, 9.17) is 4.74 Å². The molecule has 0 bridgehead atoms. The molecule has 0 aromatic carbocycles. The maximum absolute atomic E-state index is 10.3. The SMILES string of the molecule is CCCCC1CCCCC1(O)OC=O. The van der Waals surface area contributed by atoms with Gasteiger partial charge >= 0.3 is 0 Å². The smallest absolute Gasteiger partial charge is 0.295 e. The van der Waals surface area contributed by atoms with E-state index in [1.807, 2.05) is 0 Å². The van der Waals surface area contributed by atoms with E-state index in [0.29, 0.717) is 12.9 Å². The van der Waals surface area contributed by atoms with Crippen LogP contribution in [0.4, 0.5) is 0 Å². The van der Waals surface area contributed by atoms with Gasteiger partial charge in [-0.05, 0) is 19.3 Å². The Hall–Kier alpha value is -0.570. The zero-order valence-corrected chi connectivity index (χ0v) is 8.87. The third-order valence-electron chi connectivity index (χ3n) is 3.13. The molecule has 0 aromatic rings. The minimum absolute atomic E-state index is 0.140. The molecular formula is C11H20O3. The second-order valence-electron chi connectivity index (χ2n) is 4.14. The first-order valence-electron chi connectivity index (χ1n) is 5.56. The normalized spacial score (nSPS) is 32.6. The van der Waals surface area contributed by atoms with Gasteiger partial charge < -0.3 is 9.84 Å². The number of rotatable bonds is 5. The highest BCUT2D eigenvalue weighted by atomic mass is 16.6. The molecular weight excluding hydrogens is 180 g/mol. The van der Waals surface area contributed by atoms with Crippen molar-refractivity contribution in [2.45, 2.75) is 57.7 Å². The van der Waals surface area contributed by atoms with E-state index >= 15 is 0 Å². The van der Waals surface area contributed by atoms with Gasteiger partial charge in [0.2, 0.25) is 5.79 Å². The van der Waals surface area contributed by atoms with Crippen molar-refractivity contribution in [1.82, 2.24) is 0 Å². The van der Waals surface area contributed by atoms with Crippen molar-refractivity contribution in [3.63, 3.8) is 0 Å². The van der Waals surface area contributed by atoms with E-state index in [1.54, 1.807) is 0 Å². The number of aliphatic hydroxyl groups is 1. The van der Waals surface area contributed by atoms with Crippen molar-refractivity contribution in [3.05, 3.63) is 0 Å². The summed E-state index contributed by atoms with van der Waals surface area (Å²) < 4.78 is 4.85. The fourth-order valence-electron chi connectivity index (χ4n) is 2.26. The molecule has 3 heteroatoms. The third kappa shape index (κ3) is 2.71. The zero-order valence-electron chi connectivity index (χ0n) is 8.87. The van der Waals surface area contributed by atoms with Gasteiger partial charge in [-0.2, -0.15) is 0 Å². The molecule has 0 radical (unpaired) electrons. The zero-order chi connectivity index (χ0) is 10.4. The fourth-order valence-corrected chi connectivity index (χ4v) is 2.26. The average molecular weight is 200 g/mol. The van der Waals surface area contributed by atoms with Crippen LogP contribution in [0.2, 0.25) is 0 Å². The van der Waals surface area contributed by atoms with Crippen LogP contribution in [0.15, 0.2) is 0 Å². The van der Waals surface area contributed by atoms with Gasteiger partial charge in [0.15, 0.2) is 0 Å². The van der Waals surface area contributed by atoms with E-state index in [9.17, 15) is 9.90 Å². The molecule has 0 aliphatic heterocycles. The van der Waals surface area contributed by atoms with Crippen molar-refractivity contribution < 1.29 is 14.6 Å². The van der Waals surface area contributed by atoms with Gasteiger partial charge in [-0.25, -0.2) is 0 Å². The highest BCUT2D eigenvalue weighted by Crippen LogP contribution is 2.37. The highest BCUT2D eigenvalue weighted by Gasteiger charge is 2.40. The van der Waals surface area contributed by atoms with Gasteiger partial charge in [0.1, 0.15) is 0 Å². The molecule has 82 valence electrons. The monoisotopic (exact) mass is 200 g/mol. The molecule has 0 aromatic heterocycles. The van der Waals surface area contributed by atoms with Crippen LogP contribution in [0, 0.1) is 5.92 Å². The molecule has 1 fully saturated rings. The lowest BCUT2D eigenvalue weighted by atomic mass is 9.80. The minimum atomic E-state index is -1.17. The molecule has 14 heavy (non-hydrogen) atoms. The average Bonchev–Trinajstić information content (AvgIpc) is 2.17.